The van der Waals surface area contributed by atoms with Gasteiger partial charge in [-0.3, -0.25) is 4.79 Å². The van der Waals surface area contributed by atoms with E-state index in [0.29, 0.717) is 5.92 Å². The van der Waals surface area contributed by atoms with Gasteiger partial charge in [0.15, 0.2) is 0 Å². The molecular weight excluding hydrogens is 168 g/mol. The summed E-state index contributed by atoms with van der Waals surface area (Å²) in [6, 6.07) is 0. The van der Waals surface area contributed by atoms with E-state index in [0.717, 1.165) is 12.8 Å². The van der Waals surface area contributed by atoms with Gasteiger partial charge in [-0.05, 0) is 39.5 Å². The Morgan fingerprint density at radius 3 is 2.38 bits per heavy atom. The van der Waals surface area contributed by atoms with Crippen LogP contribution in [-0.2, 0) is 9.53 Å². The van der Waals surface area contributed by atoms with Crippen molar-refractivity contribution in [1.82, 2.24) is 0 Å². The highest BCUT2D eigenvalue weighted by Crippen LogP contribution is 2.37. The van der Waals surface area contributed by atoms with E-state index in [9.17, 15) is 4.79 Å². The van der Waals surface area contributed by atoms with Gasteiger partial charge in [0, 0.05) is 0 Å². The Morgan fingerprint density at radius 2 is 2.08 bits per heavy atom. The van der Waals surface area contributed by atoms with Crippen molar-refractivity contribution >= 4 is 5.97 Å². The molecule has 3 nitrogen and oxygen atoms in total. The molecule has 1 fully saturated rings. The van der Waals surface area contributed by atoms with E-state index < -0.39 is 5.60 Å². The molecule has 1 rings (SSSR count). The average molecular weight is 186 g/mol. The van der Waals surface area contributed by atoms with Gasteiger partial charge in [-0.25, -0.2) is 0 Å². The molecule has 0 radical (unpaired) electrons. The minimum atomic E-state index is -0.445. The maximum Gasteiger partial charge on any atom is 0.312 e. The Bertz CT molecular complexity index is 189. The average Bonchev–Trinajstić information content (AvgIpc) is 2.68. The summed E-state index contributed by atoms with van der Waals surface area (Å²) >= 11 is 0. The molecule has 1 N–H and O–H groups in total. The van der Waals surface area contributed by atoms with Crippen LogP contribution in [0.4, 0.5) is 0 Å². The molecule has 0 saturated heterocycles. The highest BCUT2D eigenvalue weighted by atomic mass is 16.6. The first-order valence-corrected chi connectivity index (χ1v) is 4.78. The van der Waals surface area contributed by atoms with E-state index in [1.165, 1.54) is 0 Å². The fraction of sp³-hybridized carbons (Fsp3) is 0.900. The second-order valence-electron chi connectivity index (χ2n) is 4.66. The first-order valence-electron chi connectivity index (χ1n) is 4.78. The number of carbonyl (C=O) groups excluding carboxylic acids is 1. The van der Waals surface area contributed by atoms with E-state index in [4.69, 9.17) is 9.84 Å². The van der Waals surface area contributed by atoms with Crippen LogP contribution in [0.2, 0.25) is 0 Å². The Morgan fingerprint density at radius 1 is 1.54 bits per heavy atom. The van der Waals surface area contributed by atoms with Gasteiger partial charge in [0.05, 0.1) is 12.5 Å². The number of carbonyl (C=O) groups is 1. The molecule has 76 valence electrons. The molecule has 0 aromatic rings. The fourth-order valence-electron chi connectivity index (χ4n) is 1.29. The van der Waals surface area contributed by atoms with Crippen molar-refractivity contribution in [3.05, 3.63) is 0 Å². The summed E-state index contributed by atoms with van der Waals surface area (Å²) in [4.78, 5) is 11.5. The predicted octanol–water partition coefficient (Wildman–Crippen LogP) is 1.35. The number of rotatable bonds is 3. The highest BCUT2D eigenvalue weighted by molar-refractivity contribution is 5.73. The van der Waals surface area contributed by atoms with Crippen LogP contribution < -0.4 is 0 Å². The maximum atomic E-state index is 11.5. The highest BCUT2D eigenvalue weighted by Gasteiger charge is 2.37. The molecule has 13 heavy (non-hydrogen) atoms. The molecule has 1 atom stereocenters. The number of aliphatic hydroxyl groups excluding tert-OH is 1. The van der Waals surface area contributed by atoms with Crippen molar-refractivity contribution in [2.24, 2.45) is 11.8 Å². The Balaban J connectivity index is 2.44. The largest absolute Gasteiger partial charge is 0.460 e. The molecule has 0 aromatic heterocycles. The lowest BCUT2D eigenvalue weighted by atomic mass is 10.1. The fourth-order valence-corrected chi connectivity index (χ4v) is 1.29. The van der Waals surface area contributed by atoms with Crippen molar-refractivity contribution < 1.29 is 14.6 Å². The van der Waals surface area contributed by atoms with Gasteiger partial charge in [0.1, 0.15) is 5.60 Å². The quantitative estimate of drug-likeness (QED) is 0.677. The first-order chi connectivity index (χ1) is 5.94. The summed E-state index contributed by atoms with van der Waals surface area (Å²) in [6.45, 7) is 5.43. The van der Waals surface area contributed by atoms with Crippen molar-refractivity contribution in [1.29, 1.82) is 0 Å². The van der Waals surface area contributed by atoms with Gasteiger partial charge in [0.25, 0.3) is 0 Å². The maximum absolute atomic E-state index is 11.5. The third kappa shape index (κ3) is 3.35. The topological polar surface area (TPSA) is 46.5 Å². The second kappa shape index (κ2) is 3.66. The van der Waals surface area contributed by atoms with Gasteiger partial charge in [-0.15, -0.1) is 0 Å². The van der Waals surface area contributed by atoms with Crippen LogP contribution in [0.1, 0.15) is 33.6 Å². The predicted molar refractivity (Wildman–Crippen MR) is 49.1 cm³/mol. The van der Waals surface area contributed by atoms with E-state index in [1.807, 2.05) is 20.8 Å². The molecule has 0 spiro atoms. The molecule has 1 saturated carbocycles. The van der Waals surface area contributed by atoms with Gasteiger partial charge < -0.3 is 9.84 Å². The summed E-state index contributed by atoms with van der Waals surface area (Å²) < 4.78 is 5.19. The van der Waals surface area contributed by atoms with Crippen molar-refractivity contribution in [3.8, 4) is 0 Å². The number of aliphatic hydroxyl groups is 1. The van der Waals surface area contributed by atoms with E-state index in [1.54, 1.807) is 0 Å². The monoisotopic (exact) mass is 186 g/mol. The standard InChI is InChI=1S/C10H18O3/c1-10(2,3)13-9(12)8(6-11)7-4-5-7/h7-8,11H,4-6H2,1-3H3. The molecule has 3 heteroatoms. The lowest BCUT2D eigenvalue weighted by Gasteiger charge is -2.22. The van der Waals surface area contributed by atoms with Crippen LogP contribution in [-0.4, -0.2) is 23.3 Å². The molecule has 1 aliphatic rings. The Hall–Kier alpha value is -0.570. The molecular formula is C10H18O3. The van der Waals surface area contributed by atoms with Gasteiger partial charge in [-0.2, -0.15) is 0 Å². The van der Waals surface area contributed by atoms with Crippen LogP contribution in [0.3, 0.4) is 0 Å². The zero-order chi connectivity index (χ0) is 10.1. The molecule has 0 aliphatic heterocycles. The molecule has 0 aromatic carbocycles. The van der Waals surface area contributed by atoms with E-state index in [-0.39, 0.29) is 18.5 Å². The third-order valence-corrected chi connectivity index (χ3v) is 2.10. The van der Waals surface area contributed by atoms with Crippen LogP contribution in [0.15, 0.2) is 0 Å². The van der Waals surface area contributed by atoms with Gasteiger partial charge >= 0.3 is 5.97 Å². The minimum Gasteiger partial charge on any atom is -0.460 e. The van der Waals surface area contributed by atoms with Crippen LogP contribution >= 0.6 is 0 Å². The van der Waals surface area contributed by atoms with Crippen molar-refractivity contribution in [3.63, 3.8) is 0 Å². The van der Waals surface area contributed by atoms with Crippen LogP contribution in [0, 0.1) is 11.8 Å². The number of ether oxygens (including phenoxy) is 1. The number of esters is 1. The smallest absolute Gasteiger partial charge is 0.312 e. The zero-order valence-electron chi connectivity index (χ0n) is 8.54. The van der Waals surface area contributed by atoms with Gasteiger partial charge in [0.2, 0.25) is 0 Å². The molecule has 1 unspecified atom stereocenters. The van der Waals surface area contributed by atoms with Crippen molar-refractivity contribution in [2.75, 3.05) is 6.61 Å². The normalized spacial score (nSPS) is 19.7. The van der Waals surface area contributed by atoms with Crippen LogP contribution in [0.25, 0.3) is 0 Å². The van der Waals surface area contributed by atoms with E-state index >= 15 is 0 Å². The summed E-state index contributed by atoms with van der Waals surface area (Å²) in [5, 5.41) is 9.00. The summed E-state index contributed by atoms with van der Waals surface area (Å²) in [7, 11) is 0. The van der Waals surface area contributed by atoms with Gasteiger partial charge in [-0.1, -0.05) is 0 Å². The molecule has 1 aliphatic carbocycles. The molecule has 0 heterocycles. The Labute approximate surface area is 79.1 Å². The summed E-state index contributed by atoms with van der Waals surface area (Å²) in [5.41, 5.74) is -0.445. The lowest BCUT2D eigenvalue weighted by Crippen LogP contribution is -2.31. The minimum absolute atomic E-state index is 0.0837. The first kappa shape index (κ1) is 10.5. The summed E-state index contributed by atoms with van der Waals surface area (Å²) in [6.07, 6.45) is 2.09. The van der Waals surface area contributed by atoms with Crippen LogP contribution in [0.5, 0.6) is 0 Å². The van der Waals surface area contributed by atoms with Crippen molar-refractivity contribution in [2.45, 2.75) is 39.2 Å². The number of hydrogen-bond donors (Lipinski definition) is 1. The zero-order valence-corrected chi connectivity index (χ0v) is 8.54. The summed E-state index contributed by atoms with van der Waals surface area (Å²) in [5.74, 6) is -0.184. The second-order valence-corrected chi connectivity index (χ2v) is 4.66. The SMILES string of the molecule is CC(C)(C)OC(=O)C(CO)C1CC1. The number of hydrogen-bond acceptors (Lipinski definition) is 3. The molecule has 0 amide bonds. The van der Waals surface area contributed by atoms with E-state index in [2.05, 4.69) is 0 Å². The lowest BCUT2D eigenvalue weighted by molar-refractivity contribution is -0.162. The third-order valence-electron chi connectivity index (χ3n) is 2.10. The molecule has 0 bridgehead atoms. The Kier molecular flexibility index (Phi) is 2.96.